The van der Waals surface area contributed by atoms with Gasteiger partial charge in [-0.2, -0.15) is 0 Å². The van der Waals surface area contributed by atoms with E-state index in [0.717, 1.165) is 0 Å². The van der Waals surface area contributed by atoms with Crippen LogP contribution in [-0.2, 0) is 4.79 Å². The fraction of sp³-hybridized carbons (Fsp3) is 0.115. The van der Waals surface area contributed by atoms with Crippen LogP contribution in [0.1, 0.15) is 22.3 Å². The van der Waals surface area contributed by atoms with Crippen LogP contribution in [-0.4, -0.2) is 36.0 Å². The zero-order chi connectivity index (χ0) is 24.7. The molecule has 1 aliphatic rings. The third-order valence-electron chi connectivity index (χ3n) is 5.76. The molecule has 0 radical (unpaired) electrons. The molecule has 8 nitrogen and oxygen atoms in total. The lowest BCUT2D eigenvalue weighted by Gasteiger charge is -2.26. The number of ether oxygens (including phenoxy) is 2. The minimum Gasteiger partial charge on any atom is -0.503 e. The lowest BCUT2D eigenvalue weighted by atomic mass is 9.98. The Bertz CT molecular complexity index is 1480. The van der Waals surface area contributed by atoms with E-state index in [9.17, 15) is 14.7 Å². The highest BCUT2D eigenvalue weighted by Crippen LogP contribution is 2.42. The highest BCUT2D eigenvalue weighted by atomic mass is 35.5. The first-order chi connectivity index (χ1) is 16.9. The van der Waals surface area contributed by atoms with E-state index in [0.29, 0.717) is 38.9 Å². The van der Waals surface area contributed by atoms with Gasteiger partial charge >= 0.3 is 0 Å². The van der Waals surface area contributed by atoms with E-state index in [1.165, 1.54) is 25.2 Å². The van der Waals surface area contributed by atoms with Gasteiger partial charge in [0.15, 0.2) is 22.9 Å². The molecule has 0 saturated carbocycles. The molecular weight excluding hydrogens is 472 g/mol. The Hall–Kier alpha value is -4.30. The van der Waals surface area contributed by atoms with Crippen LogP contribution in [0.15, 0.2) is 82.6 Å². The van der Waals surface area contributed by atoms with Crippen molar-refractivity contribution >= 4 is 39.9 Å². The van der Waals surface area contributed by atoms with Gasteiger partial charge in [-0.15, -0.1) is 0 Å². The number of pyridine rings is 1. The zero-order valence-corrected chi connectivity index (χ0v) is 19.4. The topological polar surface area (TPSA) is 102 Å². The summed E-state index contributed by atoms with van der Waals surface area (Å²) in [6.07, 6.45) is 1.55. The van der Waals surface area contributed by atoms with Gasteiger partial charge < -0.3 is 19.0 Å². The van der Waals surface area contributed by atoms with Crippen molar-refractivity contribution in [2.45, 2.75) is 6.04 Å². The molecule has 5 rings (SSSR count). The fourth-order valence-electron chi connectivity index (χ4n) is 4.15. The second-order valence-electron chi connectivity index (χ2n) is 7.76. The number of methoxy groups -OCH3 is 2. The summed E-state index contributed by atoms with van der Waals surface area (Å²) in [4.78, 5) is 32.6. The molecule has 176 valence electrons. The van der Waals surface area contributed by atoms with Gasteiger partial charge in [-0.25, -0.2) is 0 Å². The summed E-state index contributed by atoms with van der Waals surface area (Å²) in [5.74, 6) is -1.19. The van der Waals surface area contributed by atoms with Gasteiger partial charge in [0.05, 0.1) is 25.5 Å². The monoisotopic (exact) mass is 490 g/mol. The second-order valence-corrected chi connectivity index (χ2v) is 8.20. The molecule has 1 atom stereocenters. The quantitative estimate of drug-likeness (QED) is 0.367. The number of benzene rings is 2. The first kappa shape index (κ1) is 22.5. The number of Topliss-reactive ketones (excluding diaryl/α,β-unsaturated/α-hetero) is 1. The normalized spacial score (nSPS) is 15.7. The molecule has 1 amide bonds. The van der Waals surface area contributed by atoms with Crippen molar-refractivity contribution < 1.29 is 28.6 Å². The van der Waals surface area contributed by atoms with Crippen molar-refractivity contribution in [2.75, 3.05) is 19.1 Å². The first-order valence-electron chi connectivity index (χ1n) is 10.6. The van der Waals surface area contributed by atoms with Gasteiger partial charge in [-0.3, -0.25) is 19.5 Å². The number of aromatic nitrogens is 1. The number of hydrogen-bond acceptors (Lipinski definition) is 7. The standard InChI is InChI=1S/C26H19ClN2O6/c1-33-17-8-6-16(7-9-17)29-22(18-5-3-4-10-28-18)21(24(31)26(29)32)23(30)19-12-14-11-15(27)13-20(34-2)25(14)35-19/h3-13,22,31H,1-2H3. The fourth-order valence-corrected chi connectivity index (χ4v) is 4.36. The highest BCUT2D eigenvalue weighted by Gasteiger charge is 2.46. The summed E-state index contributed by atoms with van der Waals surface area (Å²) in [6, 6.07) is 15.6. The van der Waals surface area contributed by atoms with Crippen molar-refractivity contribution in [3.05, 3.63) is 94.7 Å². The third kappa shape index (κ3) is 3.77. The average molecular weight is 491 g/mol. The maximum Gasteiger partial charge on any atom is 0.294 e. The van der Waals surface area contributed by atoms with Gasteiger partial charge in [0, 0.05) is 28.4 Å². The number of hydrogen-bond donors (Lipinski definition) is 1. The van der Waals surface area contributed by atoms with Gasteiger partial charge in [0.2, 0.25) is 5.78 Å². The molecule has 1 unspecified atom stereocenters. The number of nitrogens with zero attached hydrogens (tertiary/aromatic N) is 2. The van der Waals surface area contributed by atoms with Crippen molar-refractivity contribution in [2.24, 2.45) is 0 Å². The highest BCUT2D eigenvalue weighted by molar-refractivity contribution is 6.31. The van der Waals surface area contributed by atoms with Crippen LogP contribution in [0.4, 0.5) is 5.69 Å². The Morgan fingerprint density at radius 2 is 1.86 bits per heavy atom. The van der Waals surface area contributed by atoms with Crippen LogP contribution in [0.2, 0.25) is 5.02 Å². The molecule has 0 bridgehead atoms. The number of anilines is 1. The molecule has 2 aromatic carbocycles. The molecular formula is C26H19ClN2O6. The summed E-state index contributed by atoms with van der Waals surface area (Å²) in [5, 5.41) is 11.9. The Labute approximate surface area is 205 Å². The van der Waals surface area contributed by atoms with Gasteiger partial charge in [0.1, 0.15) is 11.8 Å². The predicted molar refractivity (Wildman–Crippen MR) is 129 cm³/mol. The number of fused-ring (bicyclic) bond motifs is 1. The van der Waals surface area contributed by atoms with Crippen molar-refractivity contribution in [3.63, 3.8) is 0 Å². The summed E-state index contributed by atoms with van der Waals surface area (Å²) < 4.78 is 16.3. The number of ketones is 1. The molecule has 1 N–H and O–H groups in total. The molecule has 0 spiro atoms. The average Bonchev–Trinajstić information content (AvgIpc) is 3.42. The Kier molecular flexibility index (Phi) is 5.66. The Morgan fingerprint density at radius 3 is 2.51 bits per heavy atom. The van der Waals surface area contributed by atoms with Crippen LogP contribution < -0.4 is 14.4 Å². The second kappa shape index (κ2) is 8.81. The SMILES string of the molecule is COc1ccc(N2C(=O)C(O)=C(C(=O)c3cc4cc(Cl)cc(OC)c4o3)C2c2ccccn2)cc1. The maximum absolute atomic E-state index is 13.7. The number of aliphatic hydroxyl groups excluding tert-OH is 1. The van der Waals surface area contributed by atoms with Gasteiger partial charge in [-0.1, -0.05) is 17.7 Å². The summed E-state index contributed by atoms with van der Waals surface area (Å²) in [5.41, 5.74) is 1.04. The number of halogens is 1. The number of furan rings is 1. The maximum atomic E-state index is 13.7. The van der Waals surface area contributed by atoms with Gasteiger partial charge in [0.25, 0.3) is 5.91 Å². The lowest BCUT2D eigenvalue weighted by molar-refractivity contribution is -0.117. The van der Waals surface area contributed by atoms with E-state index in [1.54, 1.807) is 60.8 Å². The minimum atomic E-state index is -0.983. The van der Waals surface area contributed by atoms with Crippen LogP contribution in [0.25, 0.3) is 11.0 Å². The number of carbonyl (C=O) groups excluding carboxylic acids is 2. The third-order valence-corrected chi connectivity index (χ3v) is 5.98. The Balaban J connectivity index is 1.64. The zero-order valence-electron chi connectivity index (χ0n) is 18.7. The number of aliphatic hydroxyl groups is 1. The molecule has 1 aliphatic heterocycles. The lowest BCUT2D eigenvalue weighted by Crippen LogP contribution is -2.31. The van der Waals surface area contributed by atoms with E-state index in [-0.39, 0.29) is 11.3 Å². The molecule has 0 fully saturated rings. The smallest absolute Gasteiger partial charge is 0.294 e. The van der Waals surface area contributed by atoms with Crippen LogP contribution in [0, 0.1) is 0 Å². The number of amides is 1. The van der Waals surface area contributed by atoms with E-state index < -0.39 is 23.5 Å². The van der Waals surface area contributed by atoms with Crippen molar-refractivity contribution in [1.82, 2.24) is 4.98 Å². The Morgan fingerprint density at radius 1 is 1.09 bits per heavy atom. The predicted octanol–water partition coefficient (Wildman–Crippen LogP) is 5.28. The summed E-state index contributed by atoms with van der Waals surface area (Å²) in [7, 11) is 3.00. The van der Waals surface area contributed by atoms with Crippen molar-refractivity contribution in [1.29, 1.82) is 0 Å². The number of carbonyl (C=O) groups is 2. The van der Waals surface area contributed by atoms with Crippen LogP contribution in [0.5, 0.6) is 11.5 Å². The molecule has 4 aromatic rings. The molecule has 0 aliphatic carbocycles. The first-order valence-corrected chi connectivity index (χ1v) is 10.9. The molecule has 9 heteroatoms. The molecule has 35 heavy (non-hydrogen) atoms. The van der Waals surface area contributed by atoms with E-state index in [2.05, 4.69) is 4.98 Å². The van der Waals surface area contributed by atoms with Crippen LogP contribution >= 0.6 is 11.6 Å². The largest absolute Gasteiger partial charge is 0.503 e. The molecule has 0 saturated heterocycles. The van der Waals surface area contributed by atoms with E-state index in [4.69, 9.17) is 25.5 Å². The number of rotatable bonds is 6. The van der Waals surface area contributed by atoms with Gasteiger partial charge in [-0.05, 0) is 48.5 Å². The van der Waals surface area contributed by atoms with E-state index in [1.807, 2.05) is 0 Å². The molecule has 2 aromatic heterocycles. The molecule has 3 heterocycles. The summed E-state index contributed by atoms with van der Waals surface area (Å²) >= 11 is 6.15. The van der Waals surface area contributed by atoms with E-state index >= 15 is 0 Å². The minimum absolute atomic E-state index is 0.0765. The van der Waals surface area contributed by atoms with Crippen LogP contribution in [0.3, 0.4) is 0 Å². The summed E-state index contributed by atoms with van der Waals surface area (Å²) in [6.45, 7) is 0. The van der Waals surface area contributed by atoms with Crippen molar-refractivity contribution in [3.8, 4) is 11.5 Å².